The van der Waals surface area contributed by atoms with Crippen molar-refractivity contribution in [3.63, 3.8) is 0 Å². The van der Waals surface area contributed by atoms with Crippen LogP contribution in [-0.2, 0) is 4.74 Å². The van der Waals surface area contributed by atoms with E-state index in [4.69, 9.17) is 4.74 Å². The molecule has 1 heterocycles. The maximum Gasteiger partial charge on any atom is 0.410 e. The molecule has 2 rings (SSSR count). The summed E-state index contributed by atoms with van der Waals surface area (Å²) < 4.78 is 5.52. The maximum atomic E-state index is 12.3. The molecule has 23 heavy (non-hydrogen) atoms. The van der Waals surface area contributed by atoms with Crippen molar-refractivity contribution in [3.8, 4) is 0 Å². The highest BCUT2D eigenvalue weighted by atomic mass is 16.6. The Kier molecular flexibility index (Phi) is 5.91. The number of carbonyl (C=O) groups is 1. The molecule has 0 radical (unpaired) electrons. The van der Waals surface area contributed by atoms with Crippen LogP contribution in [0, 0.1) is 5.92 Å². The molecule has 4 nitrogen and oxygen atoms in total. The minimum atomic E-state index is -0.434. The molecular weight excluding hydrogens is 288 g/mol. The van der Waals surface area contributed by atoms with Crippen LogP contribution >= 0.6 is 0 Å². The average molecular weight is 318 g/mol. The summed E-state index contributed by atoms with van der Waals surface area (Å²) in [6.45, 7) is 9.52. The number of nitrogens with zero attached hydrogens (tertiary/aromatic N) is 1. The number of amides is 1. The number of nitrogens with one attached hydrogen (secondary N) is 1. The Morgan fingerprint density at radius 1 is 1.35 bits per heavy atom. The van der Waals surface area contributed by atoms with Gasteiger partial charge in [-0.1, -0.05) is 25.1 Å². The predicted octanol–water partition coefficient (Wildman–Crippen LogP) is 4.52. The summed E-state index contributed by atoms with van der Waals surface area (Å²) in [5.74, 6) is 0.460. The molecule has 1 N–H and O–H groups in total. The van der Waals surface area contributed by atoms with E-state index in [9.17, 15) is 4.79 Å². The van der Waals surface area contributed by atoms with Gasteiger partial charge in [0, 0.05) is 24.8 Å². The van der Waals surface area contributed by atoms with Crippen molar-refractivity contribution in [2.75, 3.05) is 18.4 Å². The SMILES string of the molecule is CCC(Nc1ccccc1)C1CCCN(C(=O)OC(C)(C)C)C1. The van der Waals surface area contributed by atoms with Gasteiger partial charge in [0.2, 0.25) is 0 Å². The van der Waals surface area contributed by atoms with Crippen LogP contribution in [-0.4, -0.2) is 35.7 Å². The number of rotatable bonds is 4. The molecule has 1 aliphatic heterocycles. The number of para-hydroxylation sites is 1. The van der Waals surface area contributed by atoms with Gasteiger partial charge in [-0.25, -0.2) is 4.79 Å². The normalized spacial score (nSPS) is 20.0. The highest BCUT2D eigenvalue weighted by Gasteiger charge is 2.31. The zero-order valence-electron chi connectivity index (χ0n) is 14.8. The van der Waals surface area contributed by atoms with E-state index in [0.717, 1.165) is 38.0 Å². The third-order valence-corrected chi connectivity index (χ3v) is 4.24. The molecule has 0 aliphatic carbocycles. The van der Waals surface area contributed by atoms with Gasteiger partial charge in [-0.2, -0.15) is 0 Å². The Bertz CT molecular complexity index is 496. The molecule has 2 atom stereocenters. The molecule has 1 aromatic rings. The number of likely N-dealkylation sites (tertiary alicyclic amines) is 1. The van der Waals surface area contributed by atoms with E-state index in [-0.39, 0.29) is 6.09 Å². The third-order valence-electron chi connectivity index (χ3n) is 4.24. The van der Waals surface area contributed by atoms with Crippen LogP contribution in [0.5, 0.6) is 0 Å². The lowest BCUT2D eigenvalue weighted by Crippen LogP contribution is -2.47. The molecule has 1 saturated heterocycles. The van der Waals surface area contributed by atoms with Crippen LogP contribution in [0.3, 0.4) is 0 Å². The molecule has 1 amide bonds. The van der Waals surface area contributed by atoms with Gasteiger partial charge >= 0.3 is 6.09 Å². The standard InChI is InChI=1S/C19H30N2O2/c1-5-17(20-16-11-7-6-8-12-16)15-10-9-13-21(14-15)18(22)23-19(2,3)4/h6-8,11-12,15,17,20H,5,9-10,13-14H2,1-4H3. The lowest BCUT2D eigenvalue weighted by Gasteiger charge is -2.38. The van der Waals surface area contributed by atoms with Crippen LogP contribution in [0.4, 0.5) is 10.5 Å². The summed E-state index contributed by atoms with van der Waals surface area (Å²) in [6, 6.07) is 10.7. The Labute approximate surface area is 140 Å². The van der Waals surface area contributed by atoms with Crippen LogP contribution in [0.25, 0.3) is 0 Å². The highest BCUT2D eigenvalue weighted by molar-refractivity contribution is 5.68. The smallest absolute Gasteiger partial charge is 0.410 e. The summed E-state index contributed by atoms with van der Waals surface area (Å²) in [5.41, 5.74) is 0.713. The second-order valence-electron chi connectivity index (χ2n) is 7.35. The lowest BCUT2D eigenvalue weighted by atomic mass is 9.89. The first-order valence-corrected chi connectivity index (χ1v) is 8.68. The molecule has 1 aliphatic rings. The Morgan fingerprint density at radius 3 is 2.65 bits per heavy atom. The molecule has 0 aromatic heterocycles. The van der Waals surface area contributed by atoms with Crippen LogP contribution in [0.2, 0.25) is 0 Å². The molecule has 0 saturated carbocycles. The first-order chi connectivity index (χ1) is 10.9. The minimum Gasteiger partial charge on any atom is -0.444 e. The summed E-state index contributed by atoms with van der Waals surface area (Å²) in [6.07, 6.45) is 3.05. The number of ether oxygens (including phenoxy) is 1. The fourth-order valence-corrected chi connectivity index (χ4v) is 3.13. The van der Waals surface area contributed by atoms with Gasteiger partial charge in [0.15, 0.2) is 0 Å². The summed E-state index contributed by atoms with van der Waals surface area (Å²) in [4.78, 5) is 14.2. The molecule has 0 spiro atoms. The van der Waals surface area contributed by atoms with Crippen molar-refractivity contribution in [1.29, 1.82) is 0 Å². The molecule has 2 unspecified atom stereocenters. The highest BCUT2D eigenvalue weighted by Crippen LogP contribution is 2.25. The summed E-state index contributed by atoms with van der Waals surface area (Å²) in [5, 5.41) is 3.63. The second-order valence-corrected chi connectivity index (χ2v) is 7.35. The molecule has 4 heteroatoms. The van der Waals surface area contributed by atoms with E-state index in [0.29, 0.717) is 12.0 Å². The first kappa shape index (κ1) is 17.6. The van der Waals surface area contributed by atoms with E-state index < -0.39 is 5.60 Å². The second kappa shape index (κ2) is 7.71. The minimum absolute atomic E-state index is 0.184. The Hall–Kier alpha value is -1.71. The fraction of sp³-hybridized carbons (Fsp3) is 0.632. The molecule has 1 aromatic carbocycles. The Morgan fingerprint density at radius 2 is 2.04 bits per heavy atom. The van der Waals surface area contributed by atoms with E-state index >= 15 is 0 Å². The number of carbonyl (C=O) groups excluding carboxylic acids is 1. The largest absolute Gasteiger partial charge is 0.444 e. The lowest BCUT2D eigenvalue weighted by molar-refractivity contribution is 0.0156. The van der Waals surface area contributed by atoms with Crippen molar-refractivity contribution in [2.45, 2.75) is 58.6 Å². The number of piperidine rings is 1. The van der Waals surface area contributed by atoms with Gasteiger partial charge in [0.05, 0.1) is 0 Å². The number of hydrogen-bond donors (Lipinski definition) is 1. The van der Waals surface area contributed by atoms with Crippen molar-refractivity contribution in [3.05, 3.63) is 30.3 Å². The number of benzene rings is 1. The molecule has 128 valence electrons. The van der Waals surface area contributed by atoms with Gasteiger partial charge in [0.1, 0.15) is 5.60 Å². The number of anilines is 1. The van der Waals surface area contributed by atoms with Crippen molar-refractivity contribution in [1.82, 2.24) is 4.90 Å². The summed E-state index contributed by atoms with van der Waals surface area (Å²) in [7, 11) is 0. The summed E-state index contributed by atoms with van der Waals surface area (Å²) >= 11 is 0. The van der Waals surface area contributed by atoms with Crippen molar-refractivity contribution >= 4 is 11.8 Å². The maximum absolute atomic E-state index is 12.3. The van der Waals surface area contributed by atoms with Gasteiger partial charge in [0.25, 0.3) is 0 Å². The molecule has 0 bridgehead atoms. The third kappa shape index (κ3) is 5.45. The van der Waals surface area contributed by atoms with Crippen LogP contribution < -0.4 is 5.32 Å². The number of hydrogen-bond acceptors (Lipinski definition) is 3. The van der Waals surface area contributed by atoms with E-state index in [1.807, 2.05) is 43.9 Å². The average Bonchev–Trinajstić information content (AvgIpc) is 2.52. The Balaban J connectivity index is 1.97. The van der Waals surface area contributed by atoms with Gasteiger partial charge in [-0.3, -0.25) is 0 Å². The van der Waals surface area contributed by atoms with Crippen molar-refractivity contribution < 1.29 is 9.53 Å². The predicted molar refractivity (Wildman–Crippen MR) is 94.7 cm³/mol. The van der Waals surface area contributed by atoms with Gasteiger partial charge in [-0.05, 0) is 58.1 Å². The van der Waals surface area contributed by atoms with Gasteiger partial charge in [-0.15, -0.1) is 0 Å². The first-order valence-electron chi connectivity index (χ1n) is 8.68. The monoisotopic (exact) mass is 318 g/mol. The zero-order valence-corrected chi connectivity index (χ0v) is 14.8. The van der Waals surface area contributed by atoms with Crippen LogP contribution in [0.15, 0.2) is 30.3 Å². The van der Waals surface area contributed by atoms with Gasteiger partial charge < -0.3 is 15.0 Å². The van der Waals surface area contributed by atoms with E-state index in [2.05, 4.69) is 24.4 Å². The quantitative estimate of drug-likeness (QED) is 0.887. The molecular formula is C19H30N2O2. The molecule has 1 fully saturated rings. The van der Waals surface area contributed by atoms with Crippen LogP contribution in [0.1, 0.15) is 47.0 Å². The topological polar surface area (TPSA) is 41.6 Å². The van der Waals surface area contributed by atoms with E-state index in [1.165, 1.54) is 0 Å². The van der Waals surface area contributed by atoms with E-state index in [1.54, 1.807) is 0 Å². The fourth-order valence-electron chi connectivity index (χ4n) is 3.13. The zero-order chi connectivity index (χ0) is 16.9. The van der Waals surface area contributed by atoms with Crippen molar-refractivity contribution in [2.24, 2.45) is 5.92 Å².